The van der Waals surface area contributed by atoms with Crippen LogP contribution in [0.5, 0.6) is 11.5 Å². The number of amides is 2. The predicted octanol–water partition coefficient (Wildman–Crippen LogP) is 3.98. The summed E-state index contributed by atoms with van der Waals surface area (Å²) in [6.07, 6.45) is 0.530. The van der Waals surface area contributed by atoms with Crippen LogP contribution in [0.4, 0.5) is 0 Å². The summed E-state index contributed by atoms with van der Waals surface area (Å²) < 4.78 is 16.6. The summed E-state index contributed by atoms with van der Waals surface area (Å²) in [6, 6.07) is 12.8. The number of hydrazone groups is 1. The number of methoxy groups -OCH3 is 2. The molecule has 0 saturated carbocycles. The highest BCUT2D eigenvalue weighted by Gasteiger charge is 2.36. The molecule has 1 saturated heterocycles. The number of thiophene rings is 2. The van der Waals surface area contributed by atoms with Gasteiger partial charge in [0.15, 0.2) is 0 Å². The van der Waals surface area contributed by atoms with Gasteiger partial charge in [0.1, 0.15) is 18.0 Å². The van der Waals surface area contributed by atoms with E-state index in [9.17, 15) is 9.59 Å². The number of carbonyl (C=O) groups is 2. The molecular formula is C28H32N4O5S2. The molecule has 1 atom stereocenters. The lowest BCUT2D eigenvalue weighted by Crippen LogP contribution is -2.46. The fourth-order valence-corrected chi connectivity index (χ4v) is 6.22. The maximum absolute atomic E-state index is 14.0. The van der Waals surface area contributed by atoms with Gasteiger partial charge in [0.05, 0.1) is 48.9 Å². The van der Waals surface area contributed by atoms with E-state index in [4.69, 9.17) is 19.3 Å². The largest absolute Gasteiger partial charge is 0.497 e. The van der Waals surface area contributed by atoms with Gasteiger partial charge in [0.2, 0.25) is 0 Å². The molecule has 0 aliphatic carbocycles. The van der Waals surface area contributed by atoms with E-state index in [1.165, 1.54) is 16.3 Å². The Morgan fingerprint density at radius 1 is 1.08 bits per heavy atom. The summed E-state index contributed by atoms with van der Waals surface area (Å²) >= 11 is 2.97. The number of nitrogens with zero attached hydrogens (tertiary/aromatic N) is 4. The van der Waals surface area contributed by atoms with Crippen LogP contribution in [0.2, 0.25) is 0 Å². The first kappa shape index (κ1) is 27.3. The number of rotatable bonds is 10. The van der Waals surface area contributed by atoms with E-state index in [2.05, 4.69) is 4.90 Å². The molecule has 0 bridgehead atoms. The molecule has 11 heteroatoms. The van der Waals surface area contributed by atoms with Gasteiger partial charge in [-0.05, 0) is 41.1 Å². The van der Waals surface area contributed by atoms with E-state index < -0.39 is 6.04 Å². The first-order valence-electron chi connectivity index (χ1n) is 12.9. The Labute approximate surface area is 236 Å². The van der Waals surface area contributed by atoms with E-state index in [-0.39, 0.29) is 18.4 Å². The molecule has 5 rings (SSSR count). The van der Waals surface area contributed by atoms with E-state index >= 15 is 0 Å². The van der Waals surface area contributed by atoms with Gasteiger partial charge in [-0.25, -0.2) is 5.01 Å². The summed E-state index contributed by atoms with van der Waals surface area (Å²) in [7, 11) is 3.22. The molecule has 2 aliphatic heterocycles. The lowest BCUT2D eigenvalue weighted by molar-refractivity contribution is -0.133. The van der Waals surface area contributed by atoms with Gasteiger partial charge in [-0.1, -0.05) is 12.1 Å². The van der Waals surface area contributed by atoms with Crippen LogP contribution >= 0.6 is 22.7 Å². The van der Waals surface area contributed by atoms with E-state index in [1.54, 1.807) is 36.5 Å². The molecule has 0 spiro atoms. The topological polar surface area (TPSA) is 83.9 Å². The average molecular weight is 569 g/mol. The molecule has 1 fully saturated rings. The van der Waals surface area contributed by atoms with Crippen molar-refractivity contribution in [3.05, 3.63) is 68.5 Å². The monoisotopic (exact) mass is 568 g/mol. The zero-order chi connectivity index (χ0) is 27.2. The van der Waals surface area contributed by atoms with Crippen LogP contribution in [-0.2, 0) is 9.53 Å². The highest BCUT2D eigenvalue weighted by atomic mass is 32.1. The Hall–Kier alpha value is -3.25. The summed E-state index contributed by atoms with van der Waals surface area (Å²) in [5.41, 5.74) is 1.64. The van der Waals surface area contributed by atoms with Crippen molar-refractivity contribution in [2.45, 2.75) is 12.5 Å². The zero-order valence-corrected chi connectivity index (χ0v) is 23.7. The second-order valence-electron chi connectivity index (χ2n) is 9.25. The quantitative estimate of drug-likeness (QED) is 0.368. The molecule has 1 aromatic carbocycles. The van der Waals surface area contributed by atoms with Crippen molar-refractivity contribution in [2.24, 2.45) is 5.10 Å². The number of carbonyl (C=O) groups excluding carboxylic acids is 2. The average Bonchev–Trinajstić information content (AvgIpc) is 3.77. The Morgan fingerprint density at radius 2 is 1.87 bits per heavy atom. The van der Waals surface area contributed by atoms with Gasteiger partial charge < -0.3 is 19.1 Å². The van der Waals surface area contributed by atoms with Gasteiger partial charge in [0, 0.05) is 38.2 Å². The predicted molar refractivity (Wildman–Crippen MR) is 152 cm³/mol. The molecule has 0 N–H and O–H groups in total. The summed E-state index contributed by atoms with van der Waals surface area (Å²) in [5.74, 6) is 0.926. The Kier molecular flexibility index (Phi) is 8.92. The SMILES string of the molecule is COc1ccc(OC)c([C@H]2CC(c3cccs3)=NN2C(=O)CN(CCN2CCOCC2)C(=O)c2cccs2)c1. The van der Waals surface area contributed by atoms with Crippen molar-refractivity contribution in [1.82, 2.24) is 14.8 Å². The van der Waals surface area contributed by atoms with Crippen molar-refractivity contribution in [2.75, 3.05) is 60.2 Å². The molecule has 2 amide bonds. The maximum Gasteiger partial charge on any atom is 0.264 e. The Bertz CT molecular complexity index is 1290. The Balaban J connectivity index is 1.42. The number of ether oxygens (including phenoxy) is 3. The Morgan fingerprint density at radius 3 is 2.56 bits per heavy atom. The van der Waals surface area contributed by atoms with Crippen LogP contribution in [0, 0.1) is 0 Å². The zero-order valence-electron chi connectivity index (χ0n) is 22.1. The highest BCUT2D eigenvalue weighted by Crippen LogP contribution is 2.40. The lowest BCUT2D eigenvalue weighted by atomic mass is 9.99. The van der Waals surface area contributed by atoms with Crippen LogP contribution in [0.25, 0.3) is 0 Å². The summed E-state index contributed by atoms with van der Waals surface area (Å²) in [6.45, 7) is 4.01. The van der Waals surface area contributed by atoms with Crippen molar-refractivity contribution in [1.29, 1.82) is 0 Å². The minimum Gasteiger partial charge on any atom is -0.497 e. The molecular weight excluding hydrogens is 536 g/mol. The lowest BCUT2D eigenvalue weighted by Gasteiger charge is -2.31. The number of hydrogen-bond acceptors (Lipinski definition) is 9. The standard InChI is InChI=1S/C28H32N4O5S2/c1-35-20-7-8-24(36-2)21(17-20)23-18-22(25-5-3-15-38-25)29-32(23)27(33)19-31(28(34)26-6-4-16-39-26)10-9-30-11-13-37-14-12-30/h3-8,15-17,23H,9-14,18-19H2,1-2H3/t23-/m1/s1. The van der Waals surface area contributed by atoms with Crippen molar-refractivity contribution in [3.8, 4) is 11.5 Å². The van der Waals surface area contributed by atoms with Gasteiger partial charge in [-0.2, -0.15) is 5.10 Å². The minimum absolute atomic E-state index is 0.0783. The molecule has 4 heterocycles. The van der Waals surface area contributed by atoms with Crippen LogP contribution in [0.15, 0.2) is 58.3 Å². The first-order chi connectivity index (χ1) is 19.1. The summed E-state index contributed by atoms with van der Waals surface area (Å²) in [5, 5.41) is 10.2. The van der Waals surface area contributed by atoms with E-state index in [0.29, 0.717) is 49.1 Å². The molecule has 2 aromatic heterocycles. The second-order valence-corrected chi connectivity index (χ2v) is 11.1. The molecule has 39 heavy (non-hydrogen) atoms. The highest BCUT2D eigenvalue weighted by molar-refractivity contribution is 7.12. The third-order valence-corrected chi connectivity index (χ3v) is 8.68. The van der Waals surface area contributed by atoms with Gasteiger partial charge in [-0.15, -0.1) is 22.7 Å². The van der Waals surface area contributed by atoms with E-state index in [0.717, 1.165) is 29.2 Å². The molecule has 0 unspecified atom stereocenters. The number of hydrogen-bond donors (Lipinski definition) is 0. The third-order valence-electron chi connectivity index (χ3n) is 6.90. The fourth-order valence-electron chi connectivity index (χ4n) is 4.81. The van der Waals surface area contributed by atoms with Crippen LogP contribution < -0.4 is 9.47 Å². The molecule has 3 aromatic rings. The number of benzene rings is 1. The molecule has 0 radical (unpaired) electrons. The van der Waals surface area contributed by atoms with Crippen molar-refractivity contribution in [3.63, 3.8) is 0 Å². The van der Waals surface area contributed by atoms with Gasteiger partial charge >= 0.3 is 0 Å². The second kappa shape index (κ2) is 12.7. The van der Waals surface area contributed by atoms with Gasteiger partial charge in [0.25, 0.3) is 11.8 Å². The molecule has 9 nitrogen and oxygen atoms in total. The van der Waals surface area contributed by atoms with Crippen LogP contribution in [0.3, 0.4) is 0 Å². The van der Waals surface area contributed by atoms with E-state index in [1.807, 2.05) is 47.2 Å². The summed E-state index contributed by atoms with van der Waals surface area (Å²) in [4.78, 5) is 32.9. The van der Waals surface area contributed by atoms with Crippen molar-refractivity contribution < 1.29 is 23.8 Å². The van der Waals surface area contributed by atoms with Gasteiger partial charge in [-0.3, -0.25) is 14.5 Å². The number of morpholine rings is 1. The molecule has 2 aliphatic rings. The smallest absolute Gasteiger partial charge is 0.264 e. The maximum atomic E-state index is 14.0. The minimum atomic E-state index is -0.391. The van der Waals surface area contributed by atoms with Crippen LogP contribution in [0.1, 0.15) is 32.6 Å². The third kappa shape index (κ3) is 6.33. The normalized spacial score (nSPS) is 17.6. The molecule has 206 valence electrons. The van der Waals surface area contributed by atoms with Crippen LogP contribution in [-0.4, -0.2) is 92.5 Å². The fraction of sp³-hybridized carbons (Fsp3) is 0.393. The first-order valence-corrected chi connectivity index (χ1v) is 14.6. The van der Waals surface area contributed by atoms with Crippen molar-refractivity contribution >= 4 is 40.2 Å².